The molecule has 2 atom stereocenters. The third-order valence-corrected chi connectivity index (χ3v) is 5.38. The minimum Gasteiger partial charge on any atom is -0.481 e. The number of aliphatic carboxylic acids is 1. The summed E-state index contributed by atoms with van der Waals surface area (Å²) >= 11 is 11.7. The fourth-order valence-corrected chi connectivity index (χ4v) is 3.89. The van der Waals surface area contributed by atoms with Crippen molar-refractivity contribution in [2.45, 2.75) is 17.4 Å². The van der Waals surface area contributed by atoms with E-state index in [9.17, 15) is 13.2 Å². The molecule has 2 N–H and O–H groups in total. The van der Waals surface area contributed by atoms with Crippen molar-refractivity contribution < 1.29 is 18.3 Å². The molecule has 1 aliphatic rings. The molecule has 0 heterocycles. The first-order valence-corrected chi connectivity index (χ1v) is 7.92. The van der Waals surface area contributed by atoms with Crippen LogP contribution in [0.1, 0.15) is 6.42 Å². The smallest absolute Gasteiger partial charge is 0.310 e. The molecule has 8 heteroatoms. The molecule has 0 fully saturated rings. The van der Waals surface area contributed by atoms with E-state index in [1.807, 2.05) is 0 Å². The molecule has 0 amide bonds. The molecule has 2 rings (SSSR count). The number of nitrogens with one attached hydrogen (secondary N) is 1. The number of carboxylic acids is 1. The monoisotopic (exact) mass is 335 g/mol. The van der Waals surface area contributed by atoms with E-state index in [1.54, 1.807) is 0 Å². The Morgan fingerprint density at radius 2 is 2.00 bits per heavy atom. The Morgan fingerprint density at radius 3 is 2.60 bits per heavy atom. The predicted octanol–water partition coefficient (Wildman–Crippen LogP) is 2.30. The van der Waals surface area contributed by atoms with Gasteiger partial charge in [0.15, 0.2) is 0 Å². The summed E-state index contributed by atoms with van der Waals surface area (Å²) in [6.45, 7) is 0. The summed E-state index contributed by atoms with van der Waals surface area (Å²) in [6.07, 6.45) is 3.16. The van der Waals surface area contributed by atoms with Crippen LogP contribution in [0.15, 0.2) is 35.2 Å². The Kier molecular flexibility index (Phi) is 4.39. The van der Waals surface area contributed by atoms with Gasteiger partial charge in [0, 0.05) is 6.04 Å². The third kappa shape index (κ3) is 3.15. The quantitative estimate of drug-likeness (QED) is 0.827. The number of hydrogen-bond acceptors (Lipinski definition) is 3. The Morgan fingerprint density at radius 1 is 1.30 bits per heavy atom. The van der Waals surface area contributed by atoms with Crippen molar-refractivity contribution in [1.82, 2.24) is 4.72 Å². The highest BCUT2D eigenvalue weighted by atomic mass is 35.5. The molecule has 2 unspecified atom stereocenters. The molecular formula is C12H11Cl2NO4S. The average Bonchev–Trinajstić information content (AvgIpc) is 2.80. The number of carboxylic acid groups (broad SMARTS) is 1. The first kappa shape index (κ1) is 15.3. The van der Waals surface area contributed by atoms with Gasteiger partial charge in [-0.05, 0) is 18.6 Å². The predicted molar refractivity (Wildman–Crippen MR) is 75.5 cm³/mol. The summed E-state index contributed by atoms with van der Waals surface area (Å²) in [7, 11) is -3.86. The fraction of sp³-hybridized carbons (Fsp3) is 0.250. The van der Waals surface area contributed by atoms with E-state index < -0.39 is 28.0 Å². The molecule has 0 aromatic heterocycles. The zero-order valence-electron chi connectivity index (χ0n) is 10.1. The van der Waals surface area contributed by atoms with Gasteiger partial charge in [0.2, 0.25) is 10.0 Å². The number of carbonyl (C=O) groups is 1. The second-order valence-corrected chi connectivity index (χ2v) is 6.81. The first-order valence-electron chi connectivity index (χ1n) is 5.69. The van der Waals surface area contributed by atoms with E-state index in [-0.39, 0.29) is 21.4 Å². The molecular weight excluding hydrogens is 325 g/mol. The van der Waals surface area contributed by atoms with Gasteiger partial charge >= 0.3 is 5.97 Å². The van der Waals surface area contributed by atoms with Crippen molar-refractivity contribution in [3.63, 3.8) is 0 Å². The molecule has 1 aromatic rings. The van der Waals surface area contributed by atoms with E-state index in [2.05, 4.69) is 4.72 Å². The Labute approximate surface area is 126 Å². The summed E-state index contributed by atoms with van der Waals surface area (Å²) in [6, 6.07) is 3.73. The highest BCUT2D eigenvalue weighted by Crippen LogP contribution is 2.29. The van der Waals surface area contributed by atoms with Gasteiger partial charge in [-0.1, -0.05) is 41.4 Å². The molecule has 0 spiro atoms. The number of benzene rings is 1. The molecule has 20 heavy (non-hydrogen) atoms. The van der Waals surface area contributed by atoms with Gasteiger partial charge < -0.3 is 5.11 Å². The lowest BCUT2D eigenvalue weighted by Gasteiger charge is -2.14. The summed E-state index contributed by atoms with van der Waals surface area (Å²) < 4.78 is 26.8. The second-order valence-electron chi connectivity index (χ2n) is 4.35. The normalized spacial score (nSPS) is 22.1. The minimum atomic E-state index is -3.86. The van der Waals surface area contributed by atoms with Crippen molar-refractivity contribution in [3.8, 4) is 0 Å². The number of sulfonamides is 1. The molecule has 0 saturated carbocycles. The molecule has 1 aromatic carbocycles. The fourth-order valence-electron chi connectivity index (χ4n) is 1.92. The van der Waals surface area contributed by atoms with Gasteiger partial charge in [-0.25, -0.2) is 13.1 Å². The van der Waals surface area contributed by atoms with E-state index in [1.165, 1.54) is 30.4 Å². The lowest BCUT2D eigenvalue weighted by Crippen LogP contribution is -2.33. The Balaban J connectivity index is 2.19. The van der Waals surface area contributed by atoms with Gasteiger partial charge in [-0.3, -0.25) is 4.79 Å². The molecule has 108 valence electrons. The van der Waals surface area contributed by atoms with Crippen LogP contribution >= 0.6 is 23.2 Å². The lowest BCUT2D eigenvalue weighted by molar-refractivity contribution is -0.140. The largest absolute Gasteiger partial charge is 0.481 e. The van der Waals surface area contributed by atoms with Crippen molar-refractivity contribution in [2.24, 2.45) is 5.92 Å². The maximum Gasteiger partial charge on any atom is 0.310 e. The Hall–Kier alpha value is -1.08. The van der Waals surface area contributed by atoms with Crippen LogP contribution in [0.5, 0.6) is 0 Å². The van der Waals surface area contributed by atoms with E-state index in [0.717, 1.165) is 0 Å². The lowest BCUT2D eigenvalue weighted by atomic mass is 10.1. The first-order chi connectivity index (χ1) is 9.31. The summed E-state index contributed by atoms with van der Waals surface area (Å²) in [5, 5.41) is 8.94. The summed E-state index contributed by atoms with van der Waals surface area (Å²) in [5.74, 6) is -1.67. The highest BCUT2D eigenvalue weighted by Gasteiger charge is 2.29. The SMILES string of the molecule is O=C(O)C1C=CC(NS(=O)(=O)c2cccc(Cl)c2Cl)C1. The maximum atomic E-state index is 12.2. The van der Waals surface area contributed by atoms with Crippen LogP contribution in [0, 0.1) is 5.92 Å². The van der Waals surface area contributed by atoms with Crippen molar-refractivity contribution >= 4 is 39.2 Å². The number of rotatable bonds is 4. The minimum absolute atomic E-state index is 0.0570. The van der Waals surface area contributed by atoms with Crippen LogP contribution < -0.4 is 4.72 Å². The van der Waals surface area contributed by atoms with Gasteiger partial charge in [0.05, 0.1) is 16.0 Å². The maximum absolute atomic E-state index is 12.2. The van der Waals surface area contributed by atoms with Crippen molar-refractivity contribution in [3.05, 3.63) is 40.4 Å². The topological polar surface area (TPSA) is 83.5 Å². The molecule has 0 aliphatic heterocycles. The van der Waals surface area contributed by atoms with Crippen LogP contribution in [-0.4, -0.2) is 25.5 Å². The van der Waals surface area contributed by atoms with Gasteiger partial charge in [0.1, 0.15) is 4.90 Å². The van der Waals surface area contributed by atoms with Crippen molar-refractivity contribution in [2.75, 3.05) is 0 Å². The summed E-state index contributed by atoms with van der Waals surface area (Å²) in [5.41, 5.74) is 0. The van der Waals surface area contributed by atoms with Crippen LogP contribution in [0.2, 0.25) is 10.0 Å². The molecule has 0 bridgehead atoms. The van der Waals surface area contributed by atoms with Gasteiger partial charge in [-0.2, -0.15) is 0 Å². The Bertz CT molecular complexity index is 672. The number of hydrogen-bond donors (Lipinski definition) is 2. The third-order valence-electron chi connectivity index (χ3n) is 2.91. The zero-order chi connectivity index (χ0) is 14.9. The summed E-state index contributed by atoms with van der Waals surface area (Å²) in [4.78, 5) is 10.7. The van der Waals surface area contributed by atoms with Crippen LogP contribution in [0.25, 0.3) is 0 Å². The van der Waals surface area contributed by atoms with E-state index in [4.69, 9.17) is 28.3 Å². The zero-order valence-corrected chi connectivity index (χ0v) is 12.4. The van der Waals surface area contributed by atoms with Crippen LogP contribution in [-0.2, 0) is 14.8 Å². The average molecular weight is 336 g/mol. The number of halogens is 2. The molecule has 0 radical (unpaired) electrons. The van der Waals surface area contributed by atoms with Crippen molar-refractivity contribution in [1.29, 1.82) is 0 Å². The molecule has 0 saturated heterocycles. The van der Waals surface area contributed by atoms with Crippen LogP contribution in [0.4, 0.5) is 0 Å². The molecule has 5 nitrogen and oxygen atoms in total. The van der Waals surface area contributed by atoms with E-state index >= 15 is 0 Å². The highest BCUT2D eigenvalue weighted by molar-refractivity contribution is 7.89. The molecule has 1 aliphatic carbocycles. The van der Waals surface area contributed by atoms with Crippen LogP contribution in [0.3, 0.4) is 0 Å². The van der Waals surface area contributed by atoms with E-state index in [0.29, 0.717) is 0 Å². The van der Waals surface area contributed by atoms with Gasteiger partial charge in [-0.15, -0.1) is 0 Å². The van der Waals surface area contributed by atoms with Gasteiger partial charge in [0.25, 0.3) is 0 Å². The standard InChI is InChI=1S/C12H11Cl2NO4S/c13-9-2-1-3-10(11(9)14)20(18,19)15-8-5-4-7(6-8)12(16)17/h1-5,7-8,15H,6H2,(H,16,17). The second kappa shape index (κ2) is 5.73.